The molecule has 0 aromatic heterocycles. The number of nitrogens with zero attached hydrogens (tertiary/aromatic N) is 2. The summed E-state index contributed by atoms with van der Waals surface area (Å²) < 4.78 is 12.0. The van der Waals surface area contributed by atoms with Crippen molar-refractivity contribution in [3.8, 4) is 11.5 Å². The lowest BCUT2D eigenvalue weighted by molar-refractivity contribution is -0.115. The van der Waals surface area contributed by atoms with Crippen molar-refractivity contribution in [1.29, 1.82) is 0 Å². The molecule has 0 N–H and O–H groups in total. The number of thioether (sulfide) groups is 2. The summed E-state index contributed by atoms with van der Waals surface area (Å²) in [6.45, 7) is 4.63. The first kappa shape index (κ1) is 22.8. The van der Waals surface area contributed by atoms with E-state index in [9.17, 15) is 9.59 Å². The zero-order valence-corrected chi connectivity index (χ0v) is 20.5. The van der Waals surface area contributed by atoms with Gasteiger partial charge in [0.05, 0.1) is 34.4 Å². The zero-order valence-electron chi connectivity index (χ0n) is 17.2. The highest BCUT2D eigenvalue weighted by molar-refractivity contribution is 8.30. The van der Waals surface area contributed by atoms with Crippen LogP contribution in [0.4, 0.5) is 11.4 Å². The molecular weight excluding hydrogens is 485 g/mol. The van der Waals surface area contributed by atoms with Crippen LogP contribution in [0.1, 0.15) is 13.8 Å². The summed E-state index contributed by atoms with van der Waals surface area (Å²) in [7, 11) is 0. The van der Waals surface area contributed by atoms with Gasteiger partial charge in [0, 0.05) is 0 Å². The van der Waals surface area contributed by atoms with Gasteiger partial charge in [0.1, 0.15) is 11.5 Å². The maximum atomic E-state index is 13.4. The monoisotopic (exact) mass is 502 g/mol. The van der Waals surface area contributed by atoms with Crippen LogP contribution in [-0.4, -0.2) is 33.7 Å². The Morgan fingerprint density at radius 1 is 0.719 bits per heavy atom. The normalized spacial score (nSPS) is 18.7. The molecule has 10 heteroatoms. The highest BCUT2D eigenvalue weighted by Gasteiger charge is 2.44. The molecule has 6 nitrogen and oxygen atoms in total. The lowest BCUT2D eigenvalue weighted by atomic mass is 10.2. The highest BCUT2D eigenvalue weighted by atomic mass is 32.2. The number of anilines is 2. The van der Waals surface area contributed by atoms with Crippen molar-refractivity contribution in [2.24, 2.45) is 0 Å². The molecule has 0 atom stereocenters. The van der Waals surface area contributed by atoms with Crippen LogP contribution in [0.2, 0.25) is 0 Å². The third-order valence-electron chi connectivity index (χ3n) is 4.56. The molecule has 0 unspecified atom stereocenters. The zero-order chi connectivity index (χ0) is 22.8. The van der Waals surface area contributed by atoms with Gasteiger partial charge in [0.25, 0.3) is 11.8 Å². The van der Waals surface area contributed by atoms with E-state index in [2.05, 4.69) is 0 Å². The van der Waals surface area contributed by atoms with Gasteiger partial charge in [-0.25, -0.2) is 0 Å². The average molecular weight is 503 g/mol. The fourth-order valence-electron chi connectivity index (χ4n) is 3.26. The molecule has 2 aromatic carbocycles. The lowest BCUT2D eigenvalue weighted by Crippen LogP contribution is -2.30. The van der Waals surface area contributed by atoms with Gasteiger partial charge in [-0.15, -0.1) is 0 Å². The van der Waals surface area contributed by atoms with Crippen molar-refractivity contribution in [2.45, 2.75) is 13.8 Å². The number of benzene rings is 2. The smallest absolute Gasteiger partial charge is 0.272 e. The molecule has 2 aliphatic heterocycles. The first-order valence-corrected chi connectivity index (χ1v) is 12.2. The molecule has 2 saturated heterocycles. The molecule has 2 heterocycles. The average Bonchev–Trinajstić information content (AvgIpc) is 3.24. The maximum absolute atomic E-state index is 13.4. The molecular formula is C22H18N2O4S4. The van der Waals surface area contributed by atoms with Crippen LogP contribution in [0.25, 0.3) is 0 Å². The van der Waals surface area contributed by atoms with Crippen LogP contribution in [0.15, 0.2) is 58.3 Å². The van der Waals surface area contributed by atoms with Gasteiger partial charge in [0.15, 0.2) is 8.64 Å². The van der Waals surface area contributed by atoms with Crippen LogP contribution in [0, 0.1) is 0 Å². The van der Waals surface area contributed by atoms with E-state index in [1.165, 1.54) is 9.80 Å². The van der Waals surface area contributed by atoms with Crippen molar-refractivity contribution in [3.05, 3.63) is 58.3 Å². The van der Waals surface area contributed by atoms with Gasteiger partial charge in [-0.3, -0.25) is 19.4 Å². The predicted molar refractivity (Wildman–Crippen MR) is 138 cm³/mol. The first-order valence-electron chi connectivity index (χ1n) is 9.78. The Kier molecular flexibility index (Phi) is 6.85. The SMILES string of the molecule is CCOc1ccccc1N1C(=O)/C(=C2\SC(=S)N(c3ccccc3OCC)C2=O)SC1=S. The van der Waals surface area contributed by atoms with E-state index in [0.29, 0.717) is 44.7 Å². The van der Waals surface area contributed by atoms with Crippen molar-refractivity contribution >= 4 is 79.8 Å². The number of para-hydroxylation sites is 4. The molecule has 2 fully saturated rings. The second kappa shape index (κ2) is 9.62. The standard InChI is InChI=1S/C22H18N2O4S4/c1-3-27-15-11-7-5-9-13(15)23-19(25)17(31-21(23)29)18-20(26)24(22(30)32-18)14-10-6-8-12-16(14)28-4-2/h5-12H,3-4H2,1-2H3/b18-17+. The summed E-state index contributed by atoms with van der Waals surface area (Å²) in [5.41, 5.74) is 1.09. The van der Waals surface area contributed by atoms with Crippen LogP contribution >= 0.6 is 48.0 Å². The summed E-state index contributed by atoms with van der Waals surface area (Å²) in [4.78, 5) is 30.1. The molecule has 0 spiro atoms. The van der Waals surface area contributed by atoms with Gasteiger partial charge >= 0.3 is 0 Å². The van der Waals surface area contributed by atoms with Crippen LogP contribution in [-0.2, 0) is 9.59 Å². The van der Waals surface area contributed by atoms with Gasteiger partial charge in [0.2, 0.25) is 0 Å². The number of carbonyl (C=O) groups excluding carboxylic acids is 2. The Morgan fingerprint density at radius 3 is 1.47 bits per heavy atom. The quantitative estimate of drug-likeness (QED) is 0.398. The topological polar surface area (TPSA) is 59.1 Å². The number of hydrogen-bond acceptors (Lipinski definition) is 8. The molecule has 32 heavy (non-hydrogen) atoms. The minimum Gasteiger partial charge on any atom is -0.492 e. The molecule has 2 aromatic rings. The van der Waals surface area contributed by atoms with Gasteiger partial charge in [-0.05, 0) is 38.1 Å². The Hall–Kier alpha value is -2.40. The molecule has 2 aliphatic rings. The molecule has 4 rings (SSSR count). The van der Waals surface area contributed by atoms with Crippen molar-refractivity contribution in [1.82, 2.24) is 0 Å². The van der Waals surface area contributed by atoms with E-state index < -0.39 is 0 Å². The highest BCUT2D eigenvalue weighted by Crippen LogP contribution is 2.47. The number of carbonyl (C=O) groups is 2. The minimum absolute atomic E-state index is 0.259. The summed E-state index contributed by atoms with van der Waals surface area (Å²) in [6, 6.07) is 14.4. The molecule has 0 saturated carbocycles. The Balaban J connectivity index is 1.71. The van der Waals surface area contributed by atoms with Gasteiger partial charge in [-0.2, -0.15) is 0 Å². The number of amides is 2. The van der Waals surface area contributed by atoms with Crippen molar-refractivity contribution in [2.75, 3.05) is 23.0 Å². The summed E-state index contributed by atoms with van der Waals surface area (Å²) in [5.74, 6) is 0.355. The number of thiocarbonyl (C=S) groups is 2. The number of rotatable bonds is 6. The number of ether oxygens (including phenoxy) is 2. The molecule has 0 aliphatic carbocycles. The molecule has 2 amide bonds. The third-order valence-corrected chi connectivity index (χ3v) is 7.43. The molecule has 0 radical (unpaired) electrons. The van der Waals surface area contributed by atoms with E-state index in [0.717, 1.165) is 23.5 Å². The molecule has 164 valence electrons. The van der Waals surface area contributed by atoms with Crippen LogP contribution in [0.3, 0.4) is 0 Å². The van der Waals surface area contributed by atoms with E-state index >= 15 is 0 Å². The maximum Gasteiger partial charge on any atom is 0.272 e. The summed E-state index contributed by atoms with van der Waals surface area (Å²) in [5, 5.41) is 0. The lowest BCUT2D eigenvalue weighted by Gasteiger charge is -2.18. The molecule has 0 bridgehead atoms. The fraction of sp³-hybridized carbons (Fsp3) is 0.182. The van der Waals surface area contributed by atoms with Gasteiger partial charge in [-0.1, -0.05) is 72.2 Å². The van der Waals surface area contributed by atoms with E-state index in [1.54, 1.807) is 36.4 Å². The number of hydrogen-bond donors (Lipinski definition) is 0. The second-order valence-electron chi connectivity index (χ2n) is 6.48. The van der Waals surface area contributed by atoms with Crippen LogP contribution in [0.5, 0.6) is 11.5 Å². The van der Waals surface area contributed by atoms with E-state index in [1.807, 2.05) is 26.0 Å². The van der Waals surface area contributed by atoms with Crippen molar-refractivity contribution < 1.29 is 19.1 Å². The Morgan fingerprint density at radius 2 is 1.09 bits per heavy atom. The first-order chi connectivity index (χ1) is 15.5. The second-order valence-corrected chi connectivity index (χ2v) is 9.77. The summed E-state index contributed by atoms with van der Waals surface area (Å²) >= 11 is 13.2. The largest absolute Gasteiger partial charge is 0.492 e. The minimum atomic E-state index is -0.370. The van der Waals surface area contributed by atoms with E-state index in [-0.39, 0.29) is 21.6 Å². The van der Waals surface area contributed by atoms with Crippen LogP contribution < -0.4 is 19.3 Å². The fourth-order valence-corrected chi connectivity index (χ4v) is 5.99. The Labute approximate surface area is 204 Å². The van der Waals surface area contributed by atoms with E-state index in [4.69, 9.17) is 33.9 Å². The summed E-state index contributed by atoms with van der Waals surface area (Å²) in [6.07, 6.45) is 0. The van der Waals surface area contributed by atoms with Crippen molar-refractivity contribution in [3.63, 3.8) is 0 Å². The van der Waals surface area contributed by atoms with Gasteiger partial charge < -0.3 is 9.47 Å². The Bertz CT molecular complexity index is 1070. The predicted octanol–water partition coefficient (Wildman–Crippen LogP) is 5.13. The third kappa shape index (κ3) is 4.03.